The number of aryl methyl sites for hydroxylation is 1. The second kappa shape index (κ2) is 14.7. The summed E-state index contributed by atoms with van der Waals surface area (Å²) in [6, 6.07) is 25.9. The van der Waals surface area contributed by atoms with Crippen molar-refractivity contribution < 1.29 is 47.7 Å². The highest BCUT2D eigenvalue weighted by molar-refractivity contribution is 6.28. The largest absolute Gasteiger partial charge is 0.497 e. The van der Waals surface area contributed by atoms with Crippen molar-refractivity contribution in [2.24, 2.45) is 0 Å². The van der Waals surface area contributed by atoms with Gasteiger partial charge >= 0.3 is 24.1 Å². The molecule has 0 bridgehead atoms. The highest BCUT2D eigenvalue weighted by atomic mass is 16.6. The summed E-state index contributed by atoms with van der Waals surface area (Å²) >= 11 is 0. The molecule has 4 aromatic rings. The van der Waals surface area contributed by atoms with Crippen molar-refractivity contribution in [1.29, 1.82) is 0 Å². The van der Waals surface area contributed by atoms with Gasteiger partial charge < -0.3 is 23.7 Å². The Morgan fingerprint density at radius 1 is 0.720 bits per heavy atom. The predicted molar refractivity (Wildman–Crippen MR) is 183 cm³/mol. The van der Waals surface area contributed by atoms with Crippen LogP contribution in [-0.4, -0.2) is 45.4 Å². The highest BCUT2D eigenvalue weighted by Gasteiger charge is 2.38. The number of hydrogen-bond acceptors (Lipinski definition) is 10. The van der Waals surface area contributed by atoms with Crippen molar-refractivity contribution in [3.05, 3.63) is 136 Å². The fourth-order valence-corrected chi connectivity index (χ4v) is 5.95. The Balaban J connectivity index is 0.00000156. The van der Waals surface area contributed by atoms with Crippen LogP contribution in [0, 0.1) is 6.92 Å². The van der Waals surface area contributed by atoms with Crippen molar-refractivity contribution in [3.8, 4) is 5.75 Å². The number of ether oxygens (including phenoxy) is 5. The lowest BCUT2D eigenvalue weighted by molar-refractivity contribution is -0.191. The number of fused-ring (bicyclic) bond motifs is 1. The number of carbonyl (C=O) groups is 3. The van der Waals surface area contributed by atoms with E-state index in [9.17, 15) is 14.4 Å². The molecule has 0 aliphatic carbocycles. The van der Waals surface area contributed by atoms with Crippen LogP contribution in [0.3, 0.4) is 0 Å². The number of esters is 3. The van der Waals surface area contributed by atoms with Gasteiger partial charge in [0, 0.05) is 11.1 Å². The lowest BCUT2D eigenvalue weighted by atomic mass is 9.92. The Kier molecular flexibility index (Phi) is 10.2. The third-order valence-electron chi connectivity index (χ3n) is 8.41. The Bertz CT molecular complexity index is 2190. The van der Waals surface area contributed by atoms with Crippen LogP contribution in [0.5, 0.6) is 5.75 Å². The van der Waals surface area contributed by atoms with E-state index >= 15 is 0 Å². The second-order valence-corrected chi connectivity index (χ2v) is 11.3. The smallest absolute Gasteiger partial charge is 0.373 e. The Morgan fingerprint density at radius 3 is 1.96 bits per heavy atom. The van der Waals surface area contributed by atoms with E-state index in [1.807, 2.05) is 87.5 Å². The number of carbonyl (C=O) groups excluding carboxylic acids is 5. The van der Waals surface area contributed by atoms with Gasteiger partial charge in [0.2, 0.25) is 0 Å². The molecule has 2 heterocycles. The van der Waals surface area contributed by atoms with Crippen molar-refractivity contribution in [3.63, 3.8) is 0 Å². The van der Waals surface area contributed by atoms with E-state index in [1.54, 1.807) is 25.3 Å². The third kappa shape index (κ3) is 6.48. The second-order valence-electron chi connectivity index (χ2n) is 11.3. The van der Waals surface area contributed by atoms with E-state index in [-0.39, 0.29) is 28.8 Å². The average Bonchev–Trinajstić information content (AvgIpc) is 3.62. The summed E-state index contributed by atoms with van der Waals surface area (Å²) < 4.78 is 27.7. The molecular formula is C40H32O10. The Hall–Kier alpha value is -6.51. The molecule has 10 nitrogen and oxygen atoms in total. The number of methoxy groups -OCH3 is 3. The van der Waals surface area contributed by atoms with Gasteiger partial charge in [-0.05, 0) is 72.0 Å². The molecule has 2 aliphatic heterocycles. The zero-order chi connectivity index (χ0) is 36.1. The van der Waals surface area contributed by atoms with E-state index in [0.717, 1.165) is 27.8 Å². The van der Waals surface area contributed by atoms with Crippen LogP contribution in [0.15, 0.2) is 108 Å². The maximum atomic E-state index is 13.6. The van der Waals surface area contributed by atoms with Gasteiger partial charge in [0.15, 0.2) is 11.5 Å². The molecule has 0 radical (unpaired) electrons. The maximum Gasteiger partial charge on any atom is 0.373 e. The lowest BCUT2D eigenvalue weighted by Crippen LogP contribution is -2.09. The van der Waals surface area contributed by atoms with Gasteiger partial charge in [-0.1, -0.05) is 72.3 Å². The van der Waals surface area contributed by atoms with Crippen molar-refractivity contribution in [1.82, 2.24) is 0 Å². The molecule has 0 amide bonds. The van der Waals surface area contributed by atoms with Crippen molar-refractivity contribution in [2.45, 2.75) is 20.8 Å². The van der Waals surface area contributed by atoms with Crippen molar-refractivity contribution in [2.75, 3.05) is 21.3 Å². The number of hydrogen-bond donors (Lipinski definition) is 0. The van der Waals surface area contributed by atoms with E-state index in [0.29, 0.717) is 39.0 Å². The number of rotatable bonds is 7. The summed E-state index contributed by atoms with van der Waals surface area (Å²) in [7, 11) is 4.29. The van der Waals surface area contributed by atoms with E-state index in [2.05, 4.69) is 0 Å². The summed E-state index contributed by atoms with van der Waals surface area (Å²) in [5, 5.41) is 1.50. The molecular weight excluding hydrogens is 640 g/mol. The maximum absolute atomic E-state index is 13.6. The van der Waals surface area contributed by atoms with E-state index < -0.39 is 17.9 Å². The van der Waals surface area contributed by atoms with Gasteiger partial charge in [0.25, 0.3) is 0 Å². The molecule has 0 saturated carbocycles. The molecule has 0 unspecified atom stereocenters. The molecule has 2 aliphatic rings. The molecule has 10 heteroatoms. The zero-order valence-electron chi connectivity index (χ0n) is 28.2. The highest BCUT2D eigenvalue weighted by Crippen LogP contribution is 2.42. The van der Waals surface area contributed by atoms with Gasteiger partial charge in [-0.3, -0.25) is 0 Å². The summed E-state index contributed by atoms with van der Waals surface area (Å²) in [6.45, 7) is 5.69. The quantitative estimate of drug-likeness (QED) is 0.117. The molecule has 252 valence electrons. The third-order valence-corrected chi connectivity index (χ3v) is 8.41. The molecule has 0 saturated heterocycles. The topological polar surface area (TPSA) is 132 Å². The van der Waals surface area contributed by atoms with Gasteiger partial charge in [0.1, 0.15) is 22.7 Å². The van der Waals surface area contributed by atoms with Crippen LogP contribution in [0.1, 0.15) is 41.7 Å². The van der Waals surface area contributed by atoms with Crippen LogP contribution in [0.4, 0.5) is 0 Å². The normalized spacial score (nSPS) is 15.9. The lowest BCUT2D eigenvalue weighted by Gasteiger charge is -2.12. The molecule has 0 N–H and O–H groups in total. The standard InChI is InChI=1S/C39H32O8.CO2/c1-21-10-12-26(13-11-21)32(37(40)45-6)36-35(44-5)33(39(42)47-36)29-9-7-8-25-14-15-27(20-30(25)29)31-23(3)34(46-38(31)41)22(2)24-16-18-28(43-4)19-17-24;2-1-3/h7-20H,1-6H3;/b34-22-,36-32+;. The minimum atomic E-state index is -0.681. The zero-order valence-corrected chi connectivity index (χ0v) is 28.2. The molecule has 50 heavy (non-hydrogen) atoms. The van der Waals surface area contributed by atoms with Crippen molar-refractivity contribution >= 4 is 57.1 Å². The van der Waals surface area contributed by atoms with Gasteiger partial charge in [-0.25, -0.2) is 14.4 Å². The van der Waals surface area contributed by atoms with Crippen LogP contribution >= 0.6 is 0 Å². The Labute approximate surface area is 287 Å². The molecule has 6 rings (SSSR count). The first-order chi connectivity index (χ1) is 24.1. The van der Waals surface area contributed by atoms with E-state index in [4.69, 9.17) is 33.3 Å². The summed E-state index contributed by atoms with van der Waals surface area (Å²) in [5.41, 5.74) is 5.70. The van der Waals surface area contributed by atoms with Gasteiger partial charge in [0.05, 0.1) is 26.9 Å². The molecule has 0 atom stereocenters. The van der Waals surface area contributed by atoms with E-state index in [1.165, 1.54) is 14.2 Å². The monoisotopic (exact) mass is 672 g/mol. The fourth-order valence-electron chi connectivity index (χ4n) is 5.95. The number of benzene rings is 4. The average molecular weight is 673 g/mol. The Morgan fingerprint density at radius 2 is 1.34 bits per heavy atom. The minimum absolute atomic E-state index is 0.0296. The first kappa shape index (κ1) is 34.8. The summed E-state index contributed by atoms with van der Waals surface area (Å²) in [5.74, 6) is -0.531. The number of allylic oxidation sites excluding steroid dienone is 2. The summed E-state index contributed by atoms with van der Waals surface area (Å²) in [4.78, 5) is 56.2. The molecule has 4 aromatic carbocycles. The predicted octanol–water partition coefficient (Wildman–Crippen LogP) is 6.83. The van der Waals surface area contributed by atoms with Crippen LogP contribution in [0.2, 0.25) is 0 Å². The van der Waals surface area contributed by atoms with Crippen LogP contribution in [0.25, 0.3) is 33.1 Å². The SMILES string of the molecule is COC(=O)/C(=C1/OC(=O)C(c2cccc3ccc(C4=C(C)/C(=C(\C)c5ccc(OC)cc5)OC4=O)cc23)=C1OC)c1ccc(C)cc1.O=C=O. The first-order valence-corrected chi connectivity index (χ1v) is 15.3. The first-order valence-electron chi connectivity index (χ1n) is 15.3. The molecule has 0 aromatic heterocycles. The molecule has 0 fully saturated rings. The van der Waals surface area contributed by atoms with Gasteiger partial charge in [-0.2, -0.15) is 9.59 Å². The minimum Gasteiger partial charge on any atom is -0.497 e. The number of cyclic esters (lactones) is 2. The fraction of sp³-hybridized carbons (Fsp3) is 0.150. The van der Waals surface area contributed by atoms with Gasteiger partial charge in [-0.15, -0.1) is 0 Å². The molecule has 0 spiro atoms. The van der Waals surface area contributed by atoms with Crippen LogP contribution < -0.4 is 4.74 Å². The van der Waals surface area contributed by atoms with Crippen LogP contribution in [-0.2, 0) is 42.9 Å². The summed E-state index contributed by atoms with van der Waals surface area (Å²) in [6.07, 6.45) is 0.250.